The molecule has 1 amide bonds. The zero-order valence-electron chi connectivity index (χ0n) is 11.8. The van der Waals surface area contributed by atoms with Crippen LogP contribution in [0.2, 0.25) is 0 Å². The van der Waals surface area contributed by atoms with Gasteiger partial charge in [0.25, 0.3) is 0 Å². The molecule has 2 aliphatic rings. The molecule has 17 heavy (non-hydrogen) atoms. The van der Waals surface area contributed by atoms with Gasteiger partial charge in [0.1, 0.15) is 0 Å². The van der Waals surface area contributed by atoms with E-state index >= 15 is 0 Å². The topological polar surface area (TPSA) is 32.3 Å². The fraction of sp³-hybridized carbons (Fsp3) is 0.929. The summed E-state index contributed by atoms with van der Waals surface area (Å²) in [6, 6.07) is 0.291. The highest BCUT2D eigenvalue weighted by Crippen LogP contribution is 2.45. The molecule has 98 valence electrons. The molecule has 1 saturated carbocycles. The van der Waals surface area contributed by atoms with Gasteiger partial charge in [-0.25, -0.2) is 0 Å². The van der Waals surface area contributed by atoms with Crippen molar-refractivity contribution < 1.29 is 4.79 Å². The molecule has 2 atom stereocenters. The smallest absolute Gasteiger partial charge is 0.244 e. The quantitative estimate of drug-likeness (QED) is 0.819. The molecule has 3 heteroatoms. The normalized spacial score (nSPS) is 28.9. The van der Waals surface area contributed by atoms with Crippen LogP contribution in [0.5, 0.6) is 0 Å². The van der Waals surface area contributed by atoms with E-state index in [1.165, 1.54) is 0 Å². The van der Waals surface area contributed by atoms with Crippen LogP contribution < -0.4 is 5.32 Å². The van der Waals surface area contributed by atoms with Crippen molar-refractivity contribution >= 4 is 5.91 Å². The molecule has 2 unspecified atom stereocenters. The summed E-state index contributed by atoms with van der Waals surface area (Å²) in [4.78, 5) is 14.6. The van der Waals surface area contributed by atoms with Gasteiger partial charge >= 0.3 is 0 Å². The number of nitrogens with zero attached hydrogens (tertiary/aromatic N) is 1. The van der Waals surface area contributed by atoms with Gasteiger partial charge in [-0.3, -0.25) is 10.1 Å². The second-order valence-electron chi connectivity index (χ2n) is 6.79. The molecule has 3 nitrogen and oxygen atoms in total. The lowest BCUT2D eigenvalue weighted by atomic mass is 9.86. The highest BCUT2D eigenvalue weighted by molar-refractivity contribution is 5.92. The van der Waals surface area contributed by atoms with Crippen LogP contribution >= 0.6 is 0 Å². The van der Waals surface area contributed by atoms with Gasteiger partial charge in [0.2, 0.25) is 5.91 Å². The van der Waals surface area contributed by atoms with Crippen LogP contribution in [-0.4, -0.2) is 28.6 Å². The Hall–Kier alpha value is -0.570. The zero-order chi connectivity index (χ0) is 12.8. The minimum Gasteiger partial charge on any atom is -0.322 e. The van der Waals surface area contributed by atoms with Crippen molar-refractivity contribution in [2.24, 2.45) is 5.41 Å². The summed E-state index contributed by atoms with van der Waals surface area (Å²) >= 11 is 0. The zero-order valence-corrected chi connectivity index (χ0v) is 11.8. The van der Waals surface area contributed by atoms with Crippen molar-refractivity contribution in [3.8, 4) is 0 Å². The monoisotopic (exact) mass is 238 g/mol. The predicted octanol–water partition coefficient (Wildman–Crippen LogP) is 2.51. The molecule has 1 saturated heterocycles. The van der Waals surface area contributed by atoms with Gasteiger partial charge in [0, 0.05) is 6.04 Å². The first-order valence-electron chi connectivity index (χ1n) is 6.92. The first kappa shape index (κ1) is 12.9. The number of carbonyl (C=O) groups is 1. The van der Waals surface area contributed by atoms with E-state index in [1.807, 2.05) is 0 Å². The summed E-state index contributed by atoms with van der Waals surface area (Å²) in [7, 11) is 0. The van der Waals surface area contributed by atoms with Crippen LogP contribution in [-0.2, 0) is 4.79 Å². The van der Waals surface area contributed by atoms with Crippen molar-refractivity contribution in [1.82, 2.24) is 10.2 Å². The summed E-state index contributed by atoms with van der Waals surface area (Å²) in [5.74, 6) is 0.346. The van der Waals surface area contributed by atoms with E-state index in [0.29, 0.717) is 11.9 Å². The first-order valence-corrected chi connectivity index (χ1v) is 6.92. The molecule has 1 heterocycles. The molecule has 0 aromatic rings. The minimum absolute atomic E-state index is 0.143. The Bertz CT molecular complexity index is 315. The van der Waals surface area contributed by atoms with Crippen LogP contribution in [0.4, 0.5) is 0 Å². The van der Waals surface area contributed by atoms with Crippen LogP contribution in [0.3, 0.4) is 0 Å². The third-order valence-electron chi connectivity index (χ3n) is 4.41. The van der Waals surface area contributed by atoms with Crippen molar-refractivity contribution in [2.45, 2.75) is 78.0 Å². The Morgan fingerprint density at radius 2 is 2.06 bits per heavy atom. The Labute approximate surface area is 105 Å². The lowest BCUT2D eigenvalue weighted by Gasteiger charge is -2.38. The highest BCUT2D eigenvalue weighted by atomic mass is 16.2. The van der Waals surface area contributed by atoms with Crippen molar-refractivity contribution in [3.05, 3.63) is 0 Å². The Morgan fingerprint density at radius 3 is 2.47 bits per heavy atom. The van der Waals surface area contributed by atoms with Gasteiger partial charge in [-0.1, -0.05) is 34.1 Å². The third-order valence-corrected chi connectivity index (χ3v) is 4.41. The maximum atomic E-state index is 12.5. The lowest BCUT2D eigenvalue weighted by Crippen LogP contribution is -2.48. The Balaban J connectivity index is 2.20. The molecular formula is C14H26N2O. The minimum atomic E-state index is -0.167. The SMILES string of the molecule is CCCC1NC2(CC2)C(=O)N1C(C)C(C)(C)C. The Morgan fingerprint density at radius 1 is 1.47 bits per heavy atom. The van der Waals surface area contributed by atoms with Gasteiger partial charge < -0.3 is 4.90 Å². The molecule has 1 N–H and O–H groups in total. The molecular weight excluding hydrogens is 212 g/mol. The van der Waals surface area contributed by atoms with E-state index in [2.05, 4.69) is 44.8 Å². The number of amides is 1. The number of nitrogens with one attached hydrogen (secondary N) is 1. The van der Waals surface area contributed by atoms with E-state index in [0.717, 1.165) is 25.7 Å². The van der Waals surface area contributed by atoms with Crippen LogP contribution in [0.15, 0.2) is 0 Å². The first-order chi connectivity index (χ1) is 7.82. The van der Waals surface area contributed by atoms with Crippen LogP contribution in [0.1, 0.15) is 60.3 Å². The standard InChI is InChI=1S/C14H26N2O/c1-6-7-11-15-14(8-9-14)12(17)16(11)10(2)13(3,4)5/h10-11,15H,6-9H2,1-5H3. The van der Waals surface area contributed by atoms with Gasteiger partial charge in [-0.2, -0.15) is 0 Å². The average molecular weight is 238 g/mol. The van der Waals surface area contributed by atoms with E-state index in [1.54, 1.807) is 0 Å². The molecule has 1 spiro atoms. The molecule has 0 aromatic carbocycles. The Kier molecular flexibility index (Phi) is 3.01. The molecule has 1 aliphatic carbocycles. The molecule has 2 rings (SSSR count). The summed E-state index contributed by atoms with van der Waals surface area (Å²) in [6.07, 6.45) is 4.49. The molecule has 1 aliphatic heterocycles. The second-order valence-corrected chi connectivity index (χ2v) is 6.79. The fourth-order valence-corrected chi connectivity index (χ4v) is 2.67. The van der Waals surface area contributed by atoms with E-state index < -0.39 is 0 Å². The van der Waals surface area contributed by atoms with E-state index in [9.17, 15) is 4.79 Å². The lowest BCUT2D eigenvalue weighted by molar-refractivity contribution is -0.135. The summed E-state index contributed by atoms with van der Waals surface area (Å²) in [5.41, 5.74) is -0.0247. The van der Waals surface area contributed by atoms with E-state index in [-0.39, 0.29) is 17.1 Å². The predicted molar refractivity (Wildman–Crippen MR) is 69.6 cm³/mol. The maximum Gasteiger partial charge on any atom is 0.244 e. The summed E-state index contributed by atoms with van der Waals surface area (Å²) in [5, 5.41) is 3.57. The molecule has 2 fully saturated rings. The van der Waals surface area contributed by atoms with Gasteiger partial charge in [-0.15, -0.1) is 0 Å². The maximum absolute atomic E-state index is 12.5. The largest absolute Gasteiger partial charge is 0.322 e. The number of rotatable bonds is 3. The number of hydrogen-bond donors (Lipinski definition) is 1. The third kappa shape index (κ3) is 2.10. The molecule has 0 bridgehead atoms. The molecule has 0 radical (unpaired) electrons. The van der Waals surface area contributed by atoms with Gasteiger partial charge in [-0.05, 0) is 31.6 Å². The second kappa shape index (κ2) is 3.98. The highest BCUT2D eigenvalue weighted by Gasteiger charge is 2.60. The van der Waals surface area contributed by atoms with Crippen LogP contribution in [0.25, 0.3) is 0 Å². The molecule has 0 aromatic heterocycles. The van der Waals surface area contributed by atoms with Gasteiger partial charge in [0.15, 0.2) is 0 Å². The van der Waals surface area contributed by atoms with Crippen LogP contribution in [0, 0.1) is 5.41 Å². The summed E-state index contributed by atoms with van der Waals surface area (Å²) in [6.45, 7) is 11.0. The fourth-order valence-electron chi connectivity index (χ4n) is 2.67. The van der Waals surface area contributed by atoms with Gasteiger partial charge in [0.05, 0.1) is 11.7 Å². The van der Waals surface area contributed by atoms with Crippen molar-refractivity contribution in [1.29, 1.82) is 0 Å². The summed E-state index contributed by atoms with van der Waals surface area (Å²) < 4.78 is 0. The number of hydrogen-bond acceptors (Lipinski definition) is 2. The average Bonchev–Trinajstić information content (AvgIpc) is 2.92. The van der Waals surface area contributed by atoms with Crippen molar-refractivity contribution in [3.63, 3.8) is 0 Å². The van der Waals surface area contributed by atoms with Crippen molar-refractivity contribution in [2.75, 3.05) is 0 Å². The van der Waals surface area contributed by atoms with E-state index in [4.69, 9.17) is 0 Å². The number of carbonyl (C=O) groups excluding carboxylic acids is 1.